The molecule has 78 valence electrons. The highest BCUT2D eigenvalue weighted by molar-refractivity contribution is 5.94. The van der Waals surface area contributed by atoms with E-state index in [9.17, 15) is 4.79 Å². The lowest BCUT2D eigenvalue weighted by Crippen LogP contribution is -2.12. The van der Waals surface area contributed by atoms with Crippen LogP contribution in [0, 0.1) is 5.92 Å². The van der Waals surface area contributed by atoms with Gasteiger partial charge in [-0.05, 0) is 12.5 Å². The highest BCUT2D eigenvalue weighted by Gasteiger charge is 2.18. The molecule has 1 unspecified atom stereocenters. The van der Waals surface area contributed by atoms with Crippen molar-refractivity contribution < 1.29 is 4.79 Å². The molecule has 0 bridgehead atoms. The molecule has 5 heteroatoms. The third-order valence-electron chi connectivity index (χ3n) is 2.40. The Balaban J connectivity index is 2.41. The average Bonchev–Trinajstić information content (AvgIpc) is 2.70. The molecule has 15 heavy (non-hydrogen) atoms. The van der Waals surface area contributed by atoms with Gasteiger partial charge in [-0.15, -0.1) is 5.10 Å². The van der Waals surface area contributed by atoms with Crippen LogP contribution in [0.3, 0.4) is 0 Å². The molecule has 0 spiro atoms. The SMILES string of the molecule is CCC(C)C(=O)c1nc2ncccn2n1. The van der Waals surface area contributed by atoms with Gasteiger partial charge >= 0.3 is 0 Å². The minimum atomic E-state index is -0.0394. The number of nitrogens with zero attached hydrogens (tertiary/aromatic N) is 4. The van der Waals surface area contributed by atoms with Crippen molar-refractivity contribution in [3.05, 3.63) is 24.3 Å². The number of rotatable bonds is 3. The molecule has 0 aliphatic heterocycles. The van der Waals surface area contributed by atoms with Crippen molar-refractivity contribution in [1.29, 1.82) is 0 Å². The van der Waals surface area contributed by atoms with Gasteiger partial charge in [0.15, 0.2) is 0 Å². The van der Waals surface area contributed by atoms with Gasteiger partial charge < -0.3 is 0 Å². The zero-order chi connectivity index (χ0) is 10.8. The van der Waals surface area contributed by atoms with Crippen molar-refractivity contribution in [2.75, 3.05) is 0 Å². The quantitative estimate of drug-likeness (QED) is 0.708. The van der Waals surface area contributed by atoms with Crippen molar-refractivity contribution in [1.82, 2.24) is 19.6 Å². The van der Waals surface area contributed by atoms with Gasteiger partial charge in [0.1, 0.15) is 0 Å². The molecule has 0 aliphatic carbocycles. The highest BCUT2D eigenvalue weighted by atomic mass is 16.1. The summed E-state index contributed by atoms with van der Waals surface area (Å²) in [6.45, 7) is 3.85. The third kappa shape index (κ3) is 1.72. The van der Waals surface area contributed by atoms with Gasteiger partial charge in [-0.1, -0.05) is 13.8 Å². The van der Waals surface area contributed by atoms with Crippen molar-refractivity contribution in [2.45, 2.75) is 20.3 Å². The molecule has 0 radical (unpaired) electrons. The molecule has 0 aliphatic rings. The lowest BCUT2D eigenvalue weighted by atomic mass is 10.0. The van der Waals surface area contributed by atoms with Crippen molar-refractivity contribution in [2.24, 2.45) is 5.92 Å². The Hall–Kier alpha value is -1.78. The lowest BCUT2D eigenvalue weighted by molar-refractivity contribution is 0.0917. The molecule has 0 saturated carbocycles. The Morgan fingerprint density at radius 2 is 2.40 bits per heavy atom. The number of fused-ring (bicyclic) bond motifs is 1. The first-order valence-electron chi connectivity index (χ1n) is 4.94. The fourth-order valence-corrected chi connectivity index (χ4v) is 1.24. The van der Waals surface area contributed by atoms with E-state index in [4.69, 9.17) is 0 Å². The van der Waals surface area contributed by atoms with E-state index in [1.165, 1.54) is 4.52 Å². The summed E-state index contributed by atoms with van der Waals surface area (Å²) in [4.78, 5) is 19.9. The largest absolute Gasteiger partial charge is 0.290 e. The highest BCUT2D eigenvalue weighted by Crippen LogP contribution is 2.08. The first-order valence-corrected chi connectivity index (χ1v) is 4.94. The first-order chi connectivity index (χ1) is 7.22. The smallest absolute Gasteiger partial charge is 0.252 e. The summed E-state index contributed by atoms with van der Waals surface area (Å²) in [5.41, 5.74) is 0. The topological polar surface area (TPSA) is 60.2 Å². The van der Waals surface area contributed by atoms with Crippen LogP contribution in [0.5, 0.6) is 0 Å². The van der Waals surface area contributed by atoms with E-state index >= 15 is 0 Å². The fourth-order valence-electron chi connectivity index (χ4n) is 1.24. The normalized spacial score (nSPS) is 12.9. The van der Waals surface area contributed by atoms with E-state index in [2.05, 4.69) is 15.1 Å². The summed E-state index contributed by atoms with van der Waals surface area (Å²) in [5, 5.41) is 4.08. The molecule has 5 nitrogen and oxygen atoms in total. The average molecular weight is 204 g/mol. The summed E-state index contributed by atoms with van der Waals surface area (Å²) >= 11 is 0. The van der Waals surface area contributed by atoms with E-state index in [1.54, 1.807) is 18.5 Å². The van der Waals surface area contributed by atoms with Crippen LogP contribution >= 0.6 is 0 Å². The van der Waals surface area contributed by atoms with Crippen LogP contribution in [-0.4, -0.2) is 25.4 Å². The minimum Gasteiger partial charge on any atom is -0.290 e. The Kier molecular flexibility index (Phi) is 2.45. The maximum atomic E-state index is 11.8. The molecule has 0 saturated heterocycles. The number of hydrogen-bond acceptors (Lipinski definition) is 4. The number of hydrogen-bond donors (Lipinski definition) is 0. The van der Waals surface area contributed by atoms with Crippen molar-refractivity contribution in [3.63, 3.8) is 0 Å². The van der Waals surface area contributed by atoms with E-state index < -0.39 is 0 Å². The third-order valence-corrected chi connectivity index (χ3v) is 2.40. The Labute approximate surface area is 87.2 Å². The molecule has 0 aromatic carbocycles. The molecular formula is C10H12N4O. The van der Waals surface area contributed by atoms with E-state index in [-0.39, 0.29) is 17.5 Å². The molecule has 1 atom stereocenters. The predicted octanol–water partition coefficient (Wildman–Crippen LogP) is 1.35. The standard InChI is InChI=1S/C10H12N4O/c1-3-7(2)8(15)9-12-10-11-5-4-6-14(10)13-9/h4-7H,3H2,1-2H3. The second kappa shape index (κ2) is 3.76. The minimum absolute atomic E-state index is 0.0250. The van der Waals surface area contributed by atoms with Crippen LogP contribution in [0.2, 0.25) is 0 Å². The lowest BCUT2D eigenvalue weighted by Gasteiger charge is -2.01. The van der Waals surface area contributed by atoms with Gasteiger partial charge in [0, 0.05) is 18.3 Å². The fraction of sp³-hybridized carbons (Fsp3) is 0.400. The maximum absolute atomic E-state index is 11.8. The summed E-state index contributed by atoms with van der Waals surface area (Å²) < 4.78 is 1.51. The predicted molar refractivity (Wildman–Crippen MR) is 54.6 cm³/mol. The van der Waals surface area contributed by atoms with Crippen LogP contribution in [-0.2, 0) is 0 Å². The molecule has 2 aromatic rings. The van der Waals surface area contributed by atoms with Gasteiger partial charge in [-0.3, -0.25) is 4.79 Å². The van der Waals surface area contributed by atoms with E-state index in [0.717, 1.165) is 6.42 Å². The van der Waals surface area contributed by atoms with Crippen LogP contribution < -0.4 is 0 Å². The molecular weight excluding hydrogens is 192 g/mol. The number of ketones is 1. The van der Waals surface area contributed by atoms with Gasteiger partial charge in [-0.25, -0.2) is 9.50 Å². The van der Waals surface area contributed by atoms with E-state index in [1.807, 2.05) is 13.8 Å². The van der Waals surface area contributed by atoms with Gasteiger partial charge in [0.25, 0.3) is 5.78 Å². The summed E-state index contributed by atoms with van der Waals surface area (Å²) in [7, 11) is 0. The monoisotopic (exact) mass is 204 g/mol. The molecule has 0 amide bonds. The number of aromatic nitrogens is 4. The number of carbonyl (C=O) groups is 1. The zero-order valence-corrected chi connectivity index (χ0v) is 8.71. The molecule has 2 rings (SSSR count). The van der Waals surface area contributed by atoms with Crippen molar-refractivity contribution >= 4 is 11.6 Å². The van der Waals surface area contributed by atoms with Crippen LogP contribution in [0.4, 0.5) is 0 Å². The summed E-state index contributed by atoms with van der Waals surface area (Å²) in [5.74, 6) is 0.651. The second-order valence-corrected chi connectivity index (χ2v) is 3.47. The Morgan fingerprint density at radius 3 is 3.07 bits per heavy atom. The van der Waals surface area contributed by atoms with Crippen molar-refractivity contribution in [3.8, 4) is 0 Å². The van der Waals surface area contributed by atoms with Crippen LogP contribution in [0.15, 0.2) is 18.5 Å². The second-order valence-electron chi connectivity index (χ2n) is 3.47. The molecule has 2 heterocycles. The Bertz CT molecular complexity index is 458. The Morgan fingerprint density at radius 1 is 1.60 bits per heavy atom. The van der Waals surface area contributed by atoms with Gasteiger partial charge in [0.05, 0.1) is 0 Å². The number of carbonyl (C=O) groups excluding carboxylic acids is 1. The molecule has 2 aromatic heterocycles. The van der Waals surface area contributed by atoms with Gasteiger partial charge in [0.2, 0.25) is 11.6 Å². The first kappa shape index (κ1) is 9.76. The van der Waals surface area contributed by atoms with Crippen LogP contribution in [0.25, 0.3) is 5.78 Å². The van der Waals surface area contributed by atoms with E-state index in [0.29, 0.717) is 5.78 Å². The van der Waals surface area contributed by atoms with Crippen LogP contribution in [0.1, 0.15) is 30.9 Å². The zero-order valence-electron chi connectivity index (χ0n) is 8.71. The maximum Gasteiger partial charge on any atom is 0.252 e. The molecule has 0 fully saturated rings. The summed E-state index contributed by atoms with van der Waals surface area (Å²) in [6.07, 6.45) is 4.14. The molecule has 0 N–H and O–H groups in total. The van der Waals surface area contributed by atoms with Gasteiger partial charge in [-0.2, -0.15) is 4.98 Å². The summed E-state index contributed by atoms with van der Waals surface area (Å²) in [6, 6.07) is 1.75. The number of Topliss-reactive ketones (excluding diaryl/α,β-unsaturated/α-hetero) is 1.